The van der Waals surface area contributed by atoms with Crippen LogP contribution in [0.25, 0.3) is 0 Å². The number of amides is 1. The third-order valence-corrected chi connectivity index (χ3v) is 2.98. The third kappa shape index (κ3) is 3.85. The van der Waals surface area contributed by atoms with Crippen molar-refractivity contribution in [3.63, 3.8) is 0 Å². The molecule has 0 aromatic carbocycles. The van der Waals surface area contributed by atoms with E-state index in [-0.39, 0.29) is 11.8 Å². The minimum Gasteiger partial charge on any atom is -0.381 e. The maximum atomic E-state index is 11.7. The summed E-state index contributed by atoms with van der Waals surface area (Å²) in [7, 11) is 0. The molecule has 2 N–H and O–H groups in total. The molecule has 5 nitrogen and oxygen atoms in total. The molecule has 1 fully saturated rings. The summed E-state index contributed by atoms with van der Waals surface area (Å²) in [5, 5.41) is 2.95. The predicted octanol–water partition coefficient (Wildman–Crippen LogP) is 0.885. The van der Waals surface area contributed by atoms with Crippen molar-refractivity contribution >= 4 is 5.91 Å². The Kier molecular flexibility index (Phi) is 4.55. The van der Waals surface area contributed by atoms with Crippen LogP contribution in [0.2, 0.25) is 0 Å². The van der Waals surface area contributed by atoms with E-state index in [1.807, 2.05) is 6.20 Å². The summed E-state index contributed by atoms with van der Waals surface area (Å²) in [6.07, 6.45) is 7.27. The fraction of sp³-hybridized carbons (Fsp3) is 0.667. The van der Waals surface area contributed by atoms with Crippen LogP contribution >= 0.6 is 0 Å². The van der Waals surface area contributed by atoms with Crippen molar-refractivity contribution in [2.45, 2.75) is 25.7 Å². The maximum absolute atomic E-state index is 11.7. The van der Waals surface area contributed by atoms with Gasteiger partial charge in [0.05, 0.1) is 12.5 Å². The predicted molar refractivity (Wildman–Crippen MR) is 63.5 cm³/mol. The highest BCUT2D eigenvalue weighted by atomic mass is 16.5. The standard InChI is InChI=1S/C12H19N3O2/c16-12(10-3-2-8-17-9-10)15-5-1-4-11-13-6-7-14-11/h6-7,10H,1-5,8-9H2,(H,13,14)(H,15,16). The van der Waals surface area contributed by atoms with Gasteiger partial charge in [-0.05, 0) is 19.3 Å². The fourth-order valence-electron chi connectivity index (χ4n) is 1.99. The van der Waals surface area contributed by atoms with Gasteiger partial charge in [0.1, 0.15) is 5.82 Å². The van der Waals surface area contributed by atoms with Crippen LogP contribution in [0.3, 0.4) is 0 Å². The van der Waals surface area contributed by atoms with E-state index in [2.05, 4.69) is 15.3 Å². The molecule has 0 radical (unpaired) electrons. The van der Waals surface area contributed by atoms with Gasteiger partial charge in [0.25, 0.3) is 0 Å². The molecule has 1 aliphatic heterocycles. The van der Waals surface area contributed by atoms with E-state index < -0.39 is 0 Å². The van der Waals surface area contributed by atoms with Crippen LogP contribution in [-0.4, -0.2) is 35.6 Å². The third-order valence-electron chi connectivity index (χ3n) is 2.98. The number of hydrogen-bond acceptors (Lipinski definition) is 3. The van der Waals surface area contributed by atoms with Gasteiger partial charge >= 0.3 is 0 Å². The van der Waals surface area contributed by atoms with Gasteiger partial charge in [-0.2, -0.15) is 0 Å². The molecule has 0 bridgehead atoms. The Labute approximate surface area is 101 Å². The molecule has 1 saturated heterocycles. The number of aromatic nitrogens is 2. The smallest absolute Gasteiger partial charge is 0.225 e. The second kappa shape index (κ2) is 6.39. The molecule has 1 unspecified atom stereocenters. The van der Waals surface area contributed by atoms with Crippen LogP contribution in [-0.2, 0) is 16.0 Å². The molecular weight excluding hydrogens is 218 g/mol. The van der Waals surface area contributed by atoms with Crippen molar-refractivity contribution in [3.8, 4) is 0 Å². The number of rotatable bonds is 5. The van der Waals surface area contributed by atoms with E-state index in [0.717, 1.165) is 38.1 Å². The average Bonchev–Trinajstić information content (AvgIpc) is 2.88. The van der Waals surface area contributed by atoms with Gasteiger partial charge in [-0.15, -0.1) is 0 Å². The second-order valence-corrected chi connectivity index (χ2v) is 4.34. The molecule has 0 saturated carbocycles. The Hall–Kier alpha value is -1.36. The number of carbonyl (C=O) groups is 1. The Morgan fingerprint density at radius 3 is 3.29 bits per heavy atom. The first-order valence-corrected chi connectivity index (χ1v) is 6.20. The number of nitrogens with one attached hydrogen (secondary N) is 2. The molecular formula is C12H19N3O2. The molecule has 2 rings (SSSR count). The summed E-state index contributed by atoms with van der Waals surface area (Å²) in [5.74, 6) is 1.15. The summed E-state index contributed by atoms with van der Waals surface area (Å²) in [6, 6.07) is 0. The number of H-pyrrole nitrogens is 1. The second-order valence-electron chi connectivity index (χ2n) is 4.34. The lowest BCUT2D eigenvalue weighted by molar-refractivity contribution is -0.128. The number of aryl methyl sites for hydroxylation is 1. The number of ether oxygens (including phenoxy) is 1. The van der Waals surface area contributed by atoms with Crippen LogP contribution in [0.1, 0.15) is 25.1 Å². The molecule has 1 aromatic heterocycles. The lowest BCUT2D eigenvalue weighted by atomic mass is 10.0. The average molecular weight is 237 g/mol. The van der Waals surface area contributed by atoms with E-state index in [4.69, 9.17) is 4.74 Å². The summed E-state index contributed by atoms with van der Waals surface area (Å²) in [5.41, 5.74) is 0. The van der Waals surface area contributed by atoms with Crippen LogP contribution in [0.5, 0.6) is 0 Å². The summed E-state index contributed by atoms with van der Waals surface area (Å²) in [4.78, 5) is 18.9. The van der Waals surface area contributed by atoms with Gasteiger partial charge < -0.3 is 15.0 Å². The Morgan fingerprint density at radius 1 is 1.65 bits per heavy atom. The normalized spacial score (nSPS) is 20.1. The largest absolute Gasteiger partial charge is 0.381 e. The highest BCUT2D eigenvalue weighted by molar-refractivity contribution is 5.78. The quantitative estimate of drug-likeness (QED) is 0.747. The molecule has 1 aliphatic rings. The molecule has 1 atom stereocenters. The van der Waals surface area contributed by atoms with E-state index in [1.165, 1.54) is 0 Å². The zero-order valence-corrected chi connectivity index (χ0v) is 9.95. The number of nitrogens with zero attached hydrogens (tertiary/aromatic N) is 1. The number of imidazole rings is 1. The van der Waals surface area contributed by atoms with Gasteiger partial charge in [0.2, 0.25) is 5.91 Å². The summed E-state index contributed by atoms with van der Waals surface area (Å²) >= 11 is 0. The minimum atomic E-state index is 0.0485. The maximum Gasteiger partial charge on any atom is 0.225 e. The first-order valence-electron chi connectivity index (χ1n) is 6.20. The zero-order chi connectivity index (χ0) is 11.9. The Balaban J connectivity index is 1.59. The topological polar surface area (TPSA) is 67.0 Å². The molecule has 1 aromatic rings. The molecule has 5 heteroatoms. The molecule has 0 spiro atoms. The monoisotopic (exact) mass is 237 g/mol. The molecule has 2 heterocycles. The van der Waals surface area contributed by atoms with Gasteiger partial charge in [-0.3, -0.25) is 4.79 Å². The van der Waals surface area contributed by atoms with E-state index in [9.17, 15) is 4.79 Å². The minimum absolute atomic E-state index is 0.0485. The lowest BCUT2D eigenvalue weighted by Crippen LogP contribution is -2.36. The Bertz CT molecular complexity index is 332. The van der Waals surface area contributed by atoms with E-state index in [0.29, 0.717) is 13.2 Å². The van der Waals surface area contributed by atoms with Gasteiger partial charge in [-0.1, -0.05) is 0 Å². The van der Waals surface area contributed by atoms with Crippen LogP contribution in [0.15, 0.2) is 12.4 Å². The molecule has 1 amide bonds. The fourth-order valence-corrected chi connectivity index (χ4v) is 1.99. The van der Waals surface area contributed by atoms with Crippen LogP contribution in [0.4, 0.5) is 0 Å². The molecule has 17 heavy (non-hydrogen) atoms. The molecule has 94 valence electrons. The Morgan fingerprint density at radius 2 is 2.59 bits per heavy atom. The van der Waals surface area contributed by atoms with Crippen LogP contribution < -0.4 is 5.32 Å². The zero-order valence-electron chi connectivity index (χ0n) is 9.95. The van der Waals surface area contributed by atoms with Crippen molar-refractivity contribution in [2.75, 3.05) is 19.8 Å². The van der Waals surface area contributed by atoms with Gasteiger partial charge in [-0.25, -0.2) is 4.98 Å². The number of aromatic amines is 1. The highest BCUT2D eigenvalue weighted by Crippen LogP contribution is 2.13. The van der Waals surface area contributed by atoms with E-state index >= 15 is 0 Å². The van der Waals surface area contributed by atoms with Crippen molar-refractivity contribution in [2.24, 2.45) is 5.92 Å². The number of hydrogen-bond donors (Lipinski definition) is 2. The lowest BCUT2D eigenvalue weighted by Gasteiger charge is -2.21. The van der Waals surface area contributed by atoms with Gasteiger partial charge in [0, 0.05) is 32.0 Å². The molecule has 0 aliphatic carbocycles. The van der Waals surface area contributed by atoms with Crippen molar-refractivity contribution in [3.05, 3.63) is 18.2 Å². The van der Waals surface area contributed by atoms with Crippen molar-refractivity contribution < 1.29 is 9.53 Å². The van der Waals surface area contributed by atoms with E-state index in [1.54, 1.807) is 6.20 Å². The van der Waals surface area contributed by atoms with Crippen LogP contribution in [0, 0.1) is 5.92 Å². The van der Waals surface area contributed by atoms with Crippen molar-refractivity contribution in [1.29, 1.82) is 0 Å². The van der Waals surface area contributed by atoms with Crippen molar-refractivity contribution in [1.82, 2.24) is 15.3 Å². The highest BCUT2D eigenvalue weighted by Gasteiger charge is 2.20. The SMILES string of the molecule is O=C(NCCCc1ncc[nH]1)C1CCCOC1. The summed E-state index contributed by atoms with van der Waals surface area (Å²) < 4.78 is 5.29. The first kappa shape index (κ1) is 12.1. The first-order chi connectivity index (χ1) is 8.36. The van der Waals surface area contributed by atoms with Gasteiger partial charge in [0.15, 0.2) is 0 Å². The summed E-state index contributed by atoms with van der Waals surface area (Å²) in [6.45, 7) is 2.07. The number of carbonyl (C=O) groups excluding carboxylic acids is 1.